The maximum Gasteiger partial charge on any atom is 0.205 e. The number of aromatic nitrogens is 7. The molecule has 0 aliphatic heterocycles. The van der Waals surface area contributed by atoms with Crippen LogP contribution in [-0.2, 0) is 19.5 Å². The summed E-state index contributed by atoms with van der Waals surface area (Å²) in [6.07, 6.45) is 5.68. The number of rotatable bonds is 11. The SMILES string of the molecule is CCCCCCc1nc(-c2ccc(CN)cc2)n(Cc2ccc(-c3ccccc3-c3nn[nH]n3)cc2)n1. The Morgan fingerprint density at radius 2 is 1.54 bits per heavy atom. The Labute approximate surface area is 217 Å². The van der Waals surface area contributed by atoms with Crippen LogP contribution in [0.4, 0.5) is 0 Å². The van der Waals surface area contributed by atoms with Crippen molar-refractivity contribution in [1.29, 1.82) is 0 Å². The van der Waals surface area contributed by atoms with Crippen LogP contribution in [0.1, 0.15) is 49.6 Å². The van der Waals surface area contributed by atoms with Gasteiger partial charge in [-0.25, -0.2) is 9.67 Å². The Balaban J connectivity index is 1.40. The van der Waals surface area contributed by atoms with Crippen molar-refractivity contribution in [3.63, 3.8) is 0 Å². The summed E-state index contributed by atoms with van der Waals surface area (Å²) in [7, 11) is 0. The molecular weight excluding hydrogens is 460 g/mol. The van der Waals surface area contributed by atoms with Crippen molar-refractivity contribution >= 4 is 0 Å². The van der Waals surface area contributed by atoms with E-state index in [0.29, 0.717) is 18.9 Å². The highest BCUT2D eigenvalue weighted by molar-refractivity contribution is 5.80. The first kappa shape index (κ1) is 24.5. The Kier molecular flexibility index (Phi) is 7.76. The minimum Gasteiger partial charge on any atom is -0.326 e. The van der Waals surface area contributed by atoms with Crippen LogP contribution in [-0.4, -0.2) is 35.4 Å². The first-order valence-corrected chi connectivity index (χ1v) is 12.9. The highest BCUT2D eigenvalue weighted by Gasteiger charge is 2.14. The lowest BCUT2D eigenvalue weighted by Crippen LogP contribution is -2.05. The van der Waals surface area contributed by atoms with E-state index in [1.807, 2.05) is 22.9 Å². The average molecular weight is 493 g/mol. The molecule has 2 heterocycles. The number of unbranched alkanes of at least 4 members (excludes halogenated alkanes) is 3. The molecule has 3 aromatic carbocycles. The number of tetrazole rings is 1. The maximum atomic E-state index is 5.80. The van der Waals surface area contributed by atoms with Crippen molar-refractivity contribution in [1.82, 2.24) is 35.4 Å². The van der Waals surface area contributed by atoms with E-state index in [4.69, 9.17) is 15.8 Å². The number of nitrogens with zero attached hydrogens (tertiary/aromatic N) is 6. The van der Waals surface area contributed by atoms with Gasteiger partial charge in [0, 0.05) is 24.1 Å². The fourth-order valence-corrected chi connectivity index (χ4v) is 4.49. The third-order valence-corrected chi connectivity index (χ3v) is 6.53. The lowest BCUT2D eigenvalue weighted by molar-refractivity contribution is 0.634. The van der Waals surface area contributed by atoms with Crippen LogP contribution in [0.5, 0.6) is 0 Å². The van der Waals surface area contributed by atoms with Crippen molar-refractivity contribution in [3.8, 4) is 33.9 Å². The second kappa shape index (κ2) is 11.7. The molecule has 0 spiro atoms. The summed E-state index contributed by atoms with van der Waals surface area (Å²) in [6.45, 7) is 3.39. The number of benzene rings is 3. The predicted molar refractivity (Wildman–Crippen MR) is 145 cm³/mol. The zero-order chi connectivity index (χ0) is 25.5. The molecule has 0 amide bonds. The fraction of sp³-hybridized carbons (Fsp3) is 0.276. The molecule has 188 valence electrons. The second-order valence-corrected chi connectivity index (χ2v) is 9.20. The van der Waals surface area contributed by atoms with Gasteiger partial charge in [0.05, 0.1) is 6.54 Å². The van der Waals surface area contributed by atoms with Gasteiger partial charge in [-0.15, -0.1) is 10.2 Å². The van der Waals surface area contributed by atoms with Crippen molar-refractivity contribution in [2.24, 2.45) is 5.73 Å². The number of nitrogens with one attached hydrogen (secondary N) is 1. The first-order valence-electron chi connectivity index (χ1n) is 12.9. The first-order chi connectivity index (χ1) is 18.2. The molecule has 8 nitrogen and oxygen atoms in total. The molecule has 0 aliphatic carbocycles. The van der Waals surface area contributed by atoms with Crippen molar-refractivity contribution in [2.75, 3.05) is 0 Å². The monoisotopic (exact) mass is 492 g/mol. The normalized spacial score (nSPS) is 11.2. The zero-order valence-electron chi connectivity index (χ0n) is 21.1. The molecule has 3 N–H and O–H groups in total. The summed E-state index contributed by atoms with van der Waals surface area (Å²) >= 11 is 0. The van der Waals surface area contributed by atoms with E-state index >= 15 is 0 Å². The van der Waals surface area contributed by atoms with E-state index in [0.717, 1.165) is 57.9 Å². The van der Waals surface area contributed by atoms with Crippen LogP contribution in [0.15, 0.2) is 72.8 Å². The molecule has 0 fully saturated rings. The molecule has 37 heavy (non-hydrogen) atoms. The third-order valence-electron chi connectivity index (χ3n) is 6.53. The Hall–Kier alpha value is -4.17. The van der Waals surface area contributed by atoms with Gasteiger partial charge >= 0.3 is 0 Å². The van der Waals surface area contributed by atoms with Crippen LogP contribution in [0.2, 0.25) is 0 Å². The smallest absolute Gasteiger partial charge is 0.205 e. The number of hydrogen-bond acceptors (Lipinski definition) is 6. The topological polar surface area (TPSA) is 111 Å². The highest BCUT2D eigenvalue weighted by Crippen LogP contribution is 2.30. The van der Waals surface area contributed by atoms with Crippen LogP contribution in [0.25, 0.3) is 33.9 Å². The Bertz CT molecular complexity index is 1400. The van der Waals surface area contributed by atoms with Gasteiger partial charge in [0.1, 0.15) is 0 Å². The summed E-state index contributed by atoms with van der Waals surface area (Å²) < 4.78 is 2.02. The zero-order valence-corrected chi connectivity index (χ0v) is 21.1. The number of H-pyrrole nitrogens is 1. The van der Waals surface area contributed by atoms with Crippen molar-refractivity contribution in [2.45, 2.75) is 52.1 Å². The minimum atomic E-state index is 0.526. The highest BCUT2D eigenvalue weighted by atomic mass is 15.5. The van der Waals surface area contributed by atoms with Crippen LogP contribution in [0, 0.1) is 0 Å². The largest absolute Gasteiger partial charge is 0.326 e. The van der Waals surface area contributed by atoms with Crippen LogP contribution < -0.4 is 5.73 Å². The summed E-state index contributed by atoms with van der Waals surface area (Å²) in [5.41, 5.74) is 12.2. The average Bonchev–Trinajstić information content (AvgIpc) is 3.62. The van der Waals surface area contributed by atoms with Crippen molar-refractivity contribution in [3.05, 3.63) is 89.7 Å². The standard InChI is InChI=1S/C29H32N8/c1-2-3-4-5-10-27-31-29(24-17-11-21(19-30)12-18-24)37(34-27)20-22-13-15-23(16-14-22)25-8-6-7-9-26(25)28-32-35-36-33-28/h6-9,11-18H,2-5,10,19-20,30H2,1H3,(H,32,33,35,36). The third kappa shape index (κ3) is 5.81. The summed E-state index contributed by atoms with van der Waals surface area (Å²) in [5.74, 6) is 2.37. The molecule has 2 aromatic heterocycles. The molecule has 0 bridgehead atoms. The summed E-state index contributed by atoms with van der Waals surface area (Å²) in [5, 5.41) is 19.5. The molecule has 0 unspecified atom stereocenters. The van der Waals surface area contributed by atoms with Gasteiger partial charge in [0.2, 0.25) is 5.82 Å². The quantitative estimate of drug-likeness (QED) is 0.238. The van der Waals surface area contributed by atoms with E-state index in [2.05, 4.69) is 82.1 Å². The number of aromatic amines is 1. The molecule has 0 saturated heterocycles. The van der Waals surface area contributed by atoms with Crippen LogP contribution in [0.3, 0.4) is 0 Å². The molecule has 0 atom stereocenters. The lowest BCUT2D eigenvalue weighted by atomic mass is 9.98. The molecule has 0 aliphatic rings. The lowest BCUT2D eigenvalue weighted by Gasteiger charge is -2.10. The van der Waals surface area contributed by atoms with Crippen LogP contribution >= 0.6 is 0 Å². The molecule has 0 radical (unpaired) electrons. The van der Waals surface area contributed by atoms with Gasteiger partial charge in [-0.1, -0.05) is 99.0 Å². The predicted octanol–water partition coefficient (Wildman–Crippen LogP) is 5.42. The Morgan fingerprint density at radius 1 is 0.811 bits per heavy atom. The molecule has 5 aromatic rings. The fourth-order valence-electron chi connectivity index (χ4n) is 4.49. The van der Waals surface area contributed by atoms with Crippen molar-refractivity contribution < 1.29 is 0 Å². The van der Waals surface area contributed by atoms with E-state index in [1.165, 1.54) is 19.3 Å². The van der Waals surface area contributed by atoms with Gasteiger partial charge in [0.25, 0.3) is 0 Å². The summed E-state index contributed by atoms with van der Waals surface area (Å²) in [6, 6.07) is 24.9. The number of hydrogen-bond donors (Lipinski definition) is 2. The Morgan fingerprint density at radius 3 is 2.24 bits per heavy atom. The van der Waals surface area contributed by atoms with Gasteiger partial charge in [0.15, 0.2) is 11.6 Å². The number of nitrogens with two attached hydrogens (primary N) is 1. The number of aryl methyl sites for hydroxylation is 1. The maximum absolute atomic E-state index is 5.80. The molecular formula is C29H32N8. The van der Waals surface area contributed by atoms with Gasteiger partial charge in [-0.05, 0) is 33.9 Å². The van der Waals surface area contributed by atoms with E-state index < -0.39 is 0 Å². The van der Waals surface area contributed by atoms with Gasteiger partial charge in [-0.2, -0.15) is 10.3 Å². The molecule has 0 saturated carbocycles. The molecule has 8 heteroatoms. The minimum absolute atomic E-state index is 0.526. The van der Waals surface area contributed by atoms with E-state index in [9.17, 15) is 0 Å². The van der Waals surface area contributed by atoms with E-state index in [1.54, 1.807) is 0 Å². The molecule has 5 rings (SSSR count). The second-order valence-electron chi connectivity index (χ2n) is 9.20. The van der Waals surface area contributed by atoms with Gasteiger partial charge < -0.3 is 5.73 Å². The van der Waals surface area contributed by atoms with Gasteiger partial charge in [-0.3, -0.25) is 0 Å². The summed E-state index contributed by atoms with van der Waals surface area (Å²) in [4.78, 5) is 4.93. The van der Waals surface area contributed by atoms with E-state index in [-0.39, 0.29) is 0 Å².